The Morgan fingerprint density at radius 2 is 1.79 bits per heavy atom. The first kappa shape index (κ1) is 19.4. The summed E-state index contributed by atoms with van der Waals surface area (Å²) in [5.74, 6) is 0.460. The monoisotopic (exact) mass is 466 g/mol. The van der Waals surface area contributed by atoms with Gasteiger partial charge in [-0.25, -0.2) is 4.99 Å². The zero-order valence-electron chi connectivity index (χ0n) is 15.4. The van der Waals surface area contributed by atoms with Gasteiger partial charge in [0.15, 0.2) is 0 Å². The smallest absolute Gasteiger partial charge is 0.274 e. The number of hydrogen-bond acceptors (Lipinski definition) is 3. The second-order valence-electron chi connectivity index (χ2n) is 6.39. The maximum Gasteiger partial charge on any atom is 0.274 e. The summed E-state index contributed by atoms with van der Waals surface area (Å²) >= 11 is 9.97. The van der Waals surface area contributed by atoms with Gasteiger partial charge in [0.1, 0.15) is 11.4 Å². The van der Waals surface area contributed by atoms with Crippen LogP contribution in [-0.4, -0.2) is 18.7 Å². The molecule has 0 radical (unpaired) electrons. The first-order chi connectivity index (χ1) is 14.0. The van der Waals surface area contributed by atoms with E-state index in [0.29, 0.717) is 16.4 Å². The normalized spacial score (nSPS) is 14.7. The highest BCUT2D eigenvalue weighted by molar-refractivity contribution is 9.10. The fourth-order valence-corrected chi connectivity index (χ4v) is 3.64. The number of nitrogens with one attached hydrogen (secondary N) is 1. The Morgan fingerprint density at radius 1 is 1.03 bits per heavy atom. The molecule has 1 heterocycles. The van der Waals surface area contributed by atoms with Crippen LogP contribution in [0.5, 0.6) is 5.75 Å². The maximum atomic E-state index is 12.9. The Bertz CT molecular complexity index is 1150. The Balaban J connectivity index is 1.90. The topological polar surface area (TPSA) is 50.7 Å². The number of carbonyl (C=O) groups excluding carboxylic acids is 1. The minimum absolute atomic E-state index is 0.286. The number of benzodiazepines with no additional fused rings is 1. The third-order valence-corrected chi connectivity index (χ3v) is 5.32. The maximum absolute atomic E-state index is 12.9. The molecule has 0 fully saturated rings. The largest absolute Gasteiger partial charge is 0.497 e. The van der Waals surface area contributed by atoms with Crippen molar-refractivity contribution in [3.8, 4) is 5.75 Å². The van der Waals surface area contributed by atoms with Gasteiger partial charge < -0.3 is 10.1 Å². The van der Waals surface area contributed by atoms with E-state index in [2.05, 4.69) is 21.2 Å². The Labute approximate surface area is 182 Å². The molecule has 0 bridgehead atoms. The Hall–Kier alpha value is -2.89. The minimum atomic E-state index is -0.286. The fourth-order valence-electron chi connectivity index (χ4n) is 3.05. The number of amides is 1. The molecule has 4 rings (SSSR count). The molecule has 0 aliphatic carbocycles. The SMILES string of the molecule is COc1ccc(/C=C2\N=C(c3ccccc3Cl)c3cc(Br)ccc3NC2=O)cc1. The van der Waals surface area contributed by atoms with Gasteiger partial charge in [0.2, 0.25) is 0 Å². The van der Waals surface area contributed by atoms with Gasteiger partial charge >= 0.3 is 0 Å². The highest BCUT2D eigenvalue weighted by Gasteiger charge is 2.23. The molecule has 144 valence electrons. The lowest BCUT2D eigenvalue weighted by Gasteiger charge is -2.11. The van der Waals surface area contributed by atoms with Crippen LogP contribution in [0.3, 0.4) is 0 Å². The van der Waals surface area contributed by atoms with Crippen molar-refractivity contribution in [3.05, 3.63) is 98.6 Å². The number of benzene rings is 3. The van der Waals surface area contributed by atoms with Crippen LogP contribution in [0.1, 0.15) is 16.7 Å². The van der Waals surface area contributed by atoms with Crippen molar-refractivity contribution in [1.82, 2.24) is 0 Å². The fraction of sp³-hybridized carbons (Fsp3) is 0.0435. The lowest BCUT2D eigenvalue weighted by molar-refractivity contribution is -0.112. The molecule has 3 aromatic carbocycles. The first-order valence-electron chi connectivity index (χ1n) is 8.86. The lowest BCUT2D eigenvalue weighted by Crippen LogP contribution is -2.12. The molecule has 1 amide bonds. The summed E-state index contributed by atoms with van der Waals surface area (Å²) in [6.45, 7) is 0. The number of fused-ring (bicyclic) bond motifs is 1. The second-order valence-corrected chi connectivity index (χ2v) is 7.71. The van der Waals surface area contributed by atoms with Gasteiger partial charge in [-0.05, 0) is 48.0 Å². The molecule has 0 saturated heterocycles. The van der Waals surface area contributed by atoms with Gasteiger partial charge in [-0.1, -0.05) is 57.9 Å². The summed E-state index contributed by atoms with van der Waals surface area (Å²) in [6, 6.07) is 20.5. The third-order valence-electron chi connectivity index (χ3n) is 4.50. The highest BCUT2D eigenvalue weighted by atomic mass is 79.9. The van der Waals surface area contributed by atoms with E-state index in [4.69, 9.17) is 21.3 Å². The molecule has 0 saturated carbocycles. The van der Waals surface area contributed by atoms with Gasteiger partial charge in [0.05, 0.1) is 18.5 Å². The van der Waals surface area contributed by atoms with E-state index < -0.39 is 0 Å². The first-order valence-corrected chi connectivity index (χ1v) is 10.0. The number of methoxy groups -OCH3 is 1. The van der Waals surface area contributed by atoms with Gasteiger partial charge in [-0.3, -0.25) is 4.79 Å². The van der Waals surface area contributed by atoms with Gasteiger partial charge in [-0.15, -0.1) is 0 Å². The molecule has 29 heavy (non-hydrogen) atoms. The predicted octanol–water partition coefficient (Wildman–Crippen LogP) is 5.94. The molecule has 1 aliphatic rings. The summed E-state index contributed by atoms with van der Waals surface area (Å²) in [4.78, 5) is 17.6. The summed E-state index contributed by atoms with van der Waals surface area (Å²) in [6.07, 6.45) is 1.74. The number of hydrogen-bond donors (Lipinski definition) is 1. The van der Waals surface area contributed by atoms with E-state index in [1.165, 1.54) is 0 Å². The van der Waals surface area contributed by atoms with Gasteiger partial charge in [0.25, 0.3) is 5.91 Å². The third kappa shape index (κ3) is 4.11. The number of rotatable bonds is 3. The van der Waals surface area contributed by atoms with Crippen LogP contribution in [0.2, 0.25) is 5.02 Å². The minimum Gasteiger partial charge on any atom is -0.497 e. The van der Waals surface area contributed by atoms with Crippen LogP contribution in [0.15, 0.2) is 81.9 Å². The number of nitrogens with zero attached hydrogens (tertiary/aromatic N) is 1. The van der Waals surface area contributed by atoms with Crippen LogP contribution in [0.25, 0.3) is 6.08 Å². The van der Waals surface area contributed by atoms with Crippen molar-refractivity contribution in [2.45, 2.75) is 0 Å². The van der Waals surface area contributed by atoms with E-state index >= 15 is 0 Å². The summed E-state index contributed by atoms with van der Waals surface area (Å²) in [7, 11) is 1.61. The van der Waals surface area contributed by atoms with Crippen molar-refractivity contribution >= 4 is 50.9 Å². The molecular weight excluding hydrogens is 452 g/mol. The van der Waals surface area contributed by atoms with E-state index in [1.807, 2.05) is 66.7 Å². The van der Waals surface area contributed by atoms with E-state index in [1.54, 1.807) is 13.2 Å². The number of aliphatic imine (C=N–C) groups is 1. The van der Waals surface area contributed by atoms with Crippen molar-refractivity contribution in [3.63, 3.8) is 0 Å². The molecular formula is C23H16BrClN2O2. The Morgan fingerprint density at radius 3 is 2.52 bits per heavy atom. The van der Waals surface area contributed by atoms with Crippen molar-refractivity contribution < 1.29 is 9.53 Å². The average Bonchev–Trinajstić information content (AvgIpc) is 2.86. The summed E-state index contributed by atoms with van der Waals surface area (Å²) in [5, 5.41) is 3.52. The second kappa shape index (κ2) is 8.23. The molecule has 0 spiro atoms. The van der Waals surface area contributed by atoms with Crippen molar-refractivity contribution in [2.75, 3.05) is 12.4 Å². The number of halogens is 2. The molecule has 0 aromatic heterocycles. The standard InChI is InChI=1S/C23H16BrClN2O2/c1-29-16-9-6-14(7-10-16)12-21-23(28)27-20-11-8-15(24)13-18(20)22(26-21)17-4-2-3-5-19(17)25/h2-13H,1H3,(H,27,28)/b21-12-. The molecule has 4 nitrogen and oxygen atoms in total. The van der Waals surface area contributed by atoms with Crippen molar-refractivity contribution in [2.24, 2.45) is 4.99 Å². The van der Waals surface area contributed by atoms with Crippen LogP contribution < -0.4 is 10.1 Å². The van der Waals surface area contributed by atoms with E-state index in [0.717, 1.165) is 26.9 Å². The molecule has 0 atom stereocenters. The lowest BCUT2D eigenvalue weighted by atomic mass is 10.0. The van der Waals surface area contributed by atoms with Crippen molar-refractivity contribution in [1.29, 1.82) is 0 Å². The molecule has 1 aliphatic heterocycles. The predicted molar refractivity (Wildman–Crippen MR) is 121 cm³/mol. The van der Waals surface area contributed by atoms with Crippen LogP contribution >= 0.6 is 27.5 Å². The molecule has 6 heteroatoms. The number of anilines is 1. The van der Waals surface area contributed by atoms with Crippen LogP contribution in [0, 0.1) is 0 Å². The van der Waals surface area contributed by atoms with Gasteiger partial charge in [0, 0.05) is 20.6 Å². The quantitative estimate of drug-likeness (QED) is 0.485. The zero-order chi connectivity index (χ0) is 20.4. The summed E-state index contributed by atoms with van der Waals surface area (Å²) < 4.78 is 6.08. The highest BCUT2D eigenvalue weighted by Crippen LogP contribution is 2.31. The van der Waals surface area contributed by atoms with Crippen LogP contribution in [-0.2, 0) is 4.79 Å². The average molecular weight is 468 g/mol. The van der Waals surface area contributed by atoms with E-state index in [9.17, 15) is 4.79 Å². The summed E-state index contributed by atoms with van der Waals surface area (Å²) in [5.41, 5.74) is 3.98. The van der Waals surface area contributed by atoms with E-state index in [-0.39, 0.29) is 11.6 Å². The van der Waals surface area contributed by atoms with Crippen LogP contribution in [0.4, 0.5) is 5.69 Å². The zero-order valence-corrected chi connectivity index (χ0v) is 17.8. The number of carbonyl (C=O) groups is 1. The Kier molecular flexibility index (Phi) is 5.51. The molecule has 1 N–H and O–H groups in total. The molecule has 0 unspecified atom stereocenters. The van der Waals surface area contributed by atoms with Gasteiger partial charge in [-0.2, -0.15) is 0 Å². The molecule has 3 aromatic rings. The number of ether oxygens (including phenoxy) is 1.